The van der Waals surface area contributed by atoms with E-state index in [-0.39, 0.29) is 11.6 Å². The molecule has 0 radical (unpaired) electrons. The highest BCUT2D eigenvalue weighted by Crippen LogP contribution is 2.40. The molecule has 0 fully saturated rings. The van der Waals surface area contributed by atoms with E-state index in [1.165, 1.54) is 6.07 Å². The fraction of sp³-hybridized carbons (Fsp3) is 0.278. The van der Waals surface area contributed by atoms with E-state index in [9.17, 15) is 9.18 Å². The molecule has 114 valence electrons. The third-order valence-electron chi connectivity index (χ3n) is 4.39. The molecule has 1 amide bonds. The molecule has 0 aromatic heterocycles. The van der Waals surface area contributed by atoms with Crippen LogP contribution in [-0.4, -0.2) is 5.91 Å². The summed E-state index contributed by atoms with van der Waals surface area (Å²) < 4.78 is 14.3. The minimum atomic E-state index is -0.751. The first-order valence-corrected chi connectivity index (χ1v) is 7.28. The van der Waals surface area contributed by atoms with Gasteiger partial charge in [-0.3, -0.25) is 4.79 Å². The third kappa shape index (κ3) is 2.20. The Morgan fingerprint density at radius 3 is 2.41 bits per heavy atom. The average molecular weight is 298 g/mol. The van der Waals surface area contributed by atoms with Crippen molar-refractivity contribution in [3.05, 3.63) is 64.5 Å². The van der Waals surface area contributed by atoms with Gasteiger partial charge in [0.05, 0.1) is 17.1 Å². The molecule has 0 saturated heterocycles. The van der Waals surface area contributed by atoms with Crippen LogP contribution >= 0.6 is 0 Å². The van der Waals surface area contributed by atoms with Crippen molar-refractivity contribution in [1.29, 1.82) is 0 Å². The van der Waals surface area contributed by atoms with Crippen LogP contribution in [0.25, 0.3) is 0 Å². The van der Waals surface area contributed by atoms with Gasteiger partial charge in [-0.25, -0.2) is 4.39 Å². The first-order valence-electron chi connectivity index (χ1n) is 7.28. The number of carbonyl (C=O) groups is 1. The van der Waals surface area contributed by atoms with Gasteiger partial charge in [0, 0.05) is 0 Å². The minimum Gasteiger partial charge on any atom is -0.323 e. The monoisotopic (exact) mass is 298 g/mol. The highest BCUT2D eigenvalue weighted by atomic mass is 19.1. The predicted octanol–water partition coefficient (Wildman–Crippen LogP) is 3.41. The number of anilines is 1. The lowest BCUT2D eigenvalue weighted by atomic mass is 9.84. The number of halogens is 1. The molecule has 1 heterocycles. The van der Waals surface area contributed by atoms with E-state index in [0.717, 1.165) is 11.1 Å². The topological polar surface area (TPSA) is 55.1 Å². The number of nitrogens with one attached hydrogen (secondary N) is 1. The van der Waals surface area contributed by atoms with Gasteiger partial charge in [0.1, 0.15) is 5.82 Å². The Kier molecular flexibility index (Phi) is 3.29. The van der Waals surface area contributed by atoms with Crippen molar-refractivity contribution in [3.8, 4) is 0 Å². The highest BCUT2D eigenvalue weighted by Gasteiger charge is 2.40. The van der Waals surface area contributed by atoms with Gasteiger partial charge in [0.2, 0.25) is 5.91 Å². The van der Waals surface area contributed by atoms with Crippen molar-refractivity contribution in [2.45, 2.75) is 32.2 Å². The quantitative estimate of drug-likeness (QED) is 0.892. The Morgan fingerprint density at radius 2 is 1.77 bits per heavy atom. The van der Waals surface area contributed by atoms with E-state index in [2.05, 4.69) is 5.32 Å². The molecule has 0 aliphatic carbocycles. The maximum absolute atomic E-state index is 14.3. The van der Waals surface area contributed by atoms with Gasteiger partial charge in [-0.05, 0) is 43.5 Å². The molecule has 1 unspecified atom stereocenters. The second-order valence-corrected chi connectivity index (χ2v) is 6.39. The van der Waals surface area contributed by atoms with Gasteiger partial charge < -0.3 is 11.1 Å². The SMILES string of the molecule is Cc1ccc(C(N)c2cc(F)c3c(c2)C(C)(C)C(=O)N3)cc1. The minimum absolute atomic E-state index is 0.192. The molecule has 1 atom stereocenters. The van der Waals surface area contributed by atoms with Crippen LogP contribution in [0.5, 0.6) is 0 Å². The van der Waals surface area contributed by atoms with Crippen LogP contribution in [-0.2, 0) is 10.2 Å². The Morgan fingerprint density at radius 1 is 1.14 bits per heavy atom. The molecule has 3 N–H and O–H groups in total. The number of rotatable bonds is 2. The number of amides is 1. The number of carbonyl (C=O) groups excluding carboxylic acids is 1. The summed E-state index contributed by atoms with van der Waals surface area (Å²) in [6.45, 7) is 5.58. The van der Waals surface area contributed by atoms with Gasteiger partial charge >= 0.3 is 0 Å². The van der Waals surface area contributed by atoms with Gasteiger partial charge in [0.25, 0.3) is 0 Å². The van der Waals surface area contributed by atoms with Crippen LogP contribution in [0.3, 0.4) is 0 Å². The van der Waals surface area contributed by atoms with Gasteiger partial charge in [-0.1, -0.05) is 35.9 Å². The molecule has 2 aromatic rings. The van der Waals surface area contributed by atoms with Crippen molar-refractivity contribution in [2.24, 2.45) is 5.73 Å². The normalized spacial score (nSPS) is 17.0. The van der Waals surface area contributed by atoms with Crippen molar-refractivity contribution < 1.29 is 9.18 Å². The zero-order chi connectivity index (χ0) is 16.1. The van der Waals surface area contributed by atoms with E-state index < -0.39 is 17.3 Å². The fourth-order valence-electron chi connectivity index (χ4n) is 2.79. The lowest BCUT2D eigenvalue weighted by molar-refractivity contribution is -0.119. The maximum Gasteiger partial charge on any atom is 0.234 e. The third-order valence-corrected chi connectivity index (χ3v) is 4.39. The number of fused-ring (bicyclic) bond motifs is 1. The van der Waals surface area contributed by atoms with Gasteiger partial charge in [-0.2, -0.15) is 0 Å². The maximum atomic E-state index is 14.3. The molecule has 4 heteroatoms. The standard InChI is InChI=1S/C18H19FN2O/c1-10-4-6-11(7-5-10)15(20)12-8-13-16(14(19)9-12)21-17(22)18(13,2)3/h4-9,15H,20H2,1-3H3,(H,21,22). The summed E-state index contributed by atoms with van der Waals surface area (Å²) >= 11 is 0. The van der Waals surface area contributed by atoms with E-state index in [4.69, 9.17) is 5.73 Å². The summed E-state index contributed by atoms with van der Waals surface area (Å²) in [5.41, 5.74) is 9.20. The number of benzene rings is 2. The number of nitrogens with two attached hydrogens (primary N) is 1. The zero-order valence-corrected chi connectivity index (χ0v) is 12.9. The molecule has 22 heavy (non-hydrogen) atoms. The first-order chi connectivity index (χ1) is 10.3. The van der Waals surface area contributed by atoms with E-state index in [1.54, 1.807) is 13.8 Å². The second-order valence-electron chi connectivity index (χ2n) is 6.39. The Balaban J connectivity index is 2.07. The molecule has 3 nitrogen and oxygen atoms in total. The molecule has 1 aliphatic heterocycles. The molecule has 2 aromatic carbocycles. The van der Waals surface area contributed by atoms with Crippen LogP contribution in [0.1, 0.15) is 42.1 Å². The summed E-state index contributed by atoms with van der Waals surface area (Å²) in [5, 5.41) is 2.61. The Hall–Kier alpha value is -2.20. The number of hydrogen-bond acceptors (Lipinski definition) is 2. The van der Waals surface area contributed by atoms with Crippen molar-refractivity contribution in [3.63, 3.8) is 0 Å². The Bertz CT molecular complexity index is 750. The number of hydrogen-bond donors (Lipinski definition) is 2. The predicted molar refractivity (Wildman–Crippen MR) is 85.3 cm³/mol. The number of aryl methyl sites for hydroxylation is 1. The second kappa shape index (κ2) is 4.92. The molecule has 1 aliphatic rings. The lowest BCUT2D eigenvalue weighted by Crippen LogP contribution is -2.27. The van der Waals surface area contributed by atoms with E-state index in [0.29, 0.717) is 11.1 Å². The average Bonchev–Trinajstić information content (AvgIpc) is 2.71. The summed E-state index contributed by atoms with van der Waals surface area (Å²) in [7, 11) is 0. The largest absolute Gasteiger partial charge is 0.323 e. The molecule has 0 saturated carbocycles. The zero-order valence-electron chi connectivity index (χ0n) is 12.9. The fourth-order valence-corrected chi connectivity index (χ4v) is 2.79. The summed E-state index contributed by atoms with van der Waals surface area (Å²) in [6, 6.07) is 10.7. The smallest absolute Gasteiger partial charge is 0.234 e. The van der Waals surface area contributed by atoms with Crippen LogP contribution in [0.15, 0.2) is 36.4 Å². The highest BCUT2D eigenvalue weighted by molar-refractivity contribution is 6.05. The first kappa shape index (κ1) is 14.7. The van der Waals surface area contributed by atoms with Crippen LogP contribution in [0.4, 0.5) is 10.1 Å². The van der Waals surface area contributed by atoms with Crippen molar-refractivity contribution in [1.82, 2.24) is 0 Å². The molecule has 3 rings (SSSR count). The molecular weight excluding hydrogens is 279 g/mol. The molecule has 0 bridgehead atoms. The Labute approximate surface area is 129 Å². The van der Waals surface area contributed by atoms with Crippen LogP contribution in [0.2, 0.25) is 0 Å². The van der Waals surface area contributed by atoms with Gasteiger partial charge in [0.15, 0.2) is 0 Å². The van der Waals surface area contributed by atoms with Crippen LogP contribution in [0, 0.1) is 12.7 Å². The summed E-state index contributed by atoms with van der Waals surface area (Å²) in [5.74, 6) is -0.628. The summed E-state index contributed by atoms with van der Waals surface area (Å²) in [4.78, 5) is 12.0. The van der Waals surface area contributed by atoms with Gasteiger partial charge in [-0.15, -0.1) is 0 Å². The van der Waals surface area contributed by atoms with E-state index >= 15 is 0 Å². The van der Waals surface area contributed by atoms with Crippen LogP contribution < -0.4 is 11.1 Å². The van der Waals surface area contributed by atoms with Crippen molar-refractivity contribution in [2.75, 3.05) is 5.32 Å². The van der Waals surface area contributed by atoms with Crippen molar-refractivity contribution >= 4 is 11.6 Å². The molecule has 0 spiro atoms. The van der Waals surface area contributed by atoms with E-state index in [1.807, 2.05) is 37.3 Å². The lowest BCUT2D eigenvalue weighted by Gasteiger charge is -2.19. The summed E-state index contributed by atoms with van der Waals surface area (Å²) in [6.07, 6.45) is 0. The molecular formula is C18H19FN2O.